The fourth-order valence-corrected chi connectivity index (χ4v) is 4.79. The molecule has 33 heavy (non-hydrogen) atoms. The van der Waals surface area contributed by atoms with Crippen LogP contribution in [0.1, 0.15) is 39.5 Å². The van der Waals surface area contributed by atoms with E-state index in [9.17, 15) is 9.59 Å². The Hall–Kier alpha value is -3.73. The lowest BCUT2D eigenvalue weighted by molar-refractivity contribution is 0.102. The summed E-state index contributed by atoms with van der Waals surface area (Å²) in [5.74, 6) is 0.104. The molecule has 5 heteroatoms. The Balaban J connectivity index is 1.46. The van der Waals surface area contributed by atoms with Gasteiger partial charge in [-0.25, -0.2) is 4.98 Å². The monoisotopic (exact) mass is 437 g/mol. The molecule has 0 radical (unpaired) electrons. The molecule has 0 unspecified atom stereocenters. The second-order valence-corrected chi connectivity index (χ2v) is 8.94. The van der Waals surface area contributed by atoms with Crippen LogP contribution in [0, 0.1) is 12.8 Å². The second-order valence-electron chi connectivity index (χ2n) is 8.94. The first-order chi connectivity index (χ1) is 16.0. The van der Waals surface area contributed by atoms with Crippen molar-refractivity contribution in [3.05, 3.63) is 105 Å². The lowest BCUT2D eigenvalue weighted by atomic mass is 9.97. The van der Waals surface area contributed by atoms with Crippen LogP contribution in [0.3, 0.4) is 0 Å². The highest BCUT2D eigenvalue weighted by Gasteiger charge is 2.22. The van der Waals surface area contributed by atoms with Crippen molar-refractivity contribution in [3.8, 4) is 0 Å². The van der Waals surface area contributed by atoms with Gasteiger partial charge in [-0.2, -0.15) is 0 Å². The number of carbonyl (C=O) groups is 1. The molecule has 2 aromatic heterocycles. The van der Waals surface area contributed by atoms with Gasteiger partial charge in [-0.3, -0.25) is 9.59 Å². The van der Waals surface area contributed by atoms with Crippen LogP contribution in [0.4, 0.5) is 5.69 Å². The number of anilines is 1. The lowest BCUT2D eigenvalue weighted by Gasteiger charge is -2.13. The average Bonchev–Trinajstić information content (AvgIpc) is 3.23. The van der Waals surface area contributed by atoms with Crippen molar-refractivity contribution in [1.29, 1.82) is 0 Å². The predicted octanol–water partition coefficient (Wildman–Crippen LogP) is 4.93. The molecule has 0 saturated carbocycles. The Morgan fingerprint density at radius 2 is 1.79 bits per heavy atom. The van der Waals surface area contributed by atoms with Crippen molar-refractivity contribution >= 4 is 22.6 Å². The molecule has 166 valence electrons. The second kappa shape index (κ2) is 8.66. The van der Waals surface area contributed by atoms with Gasteiger partial charge in [-0.1, -0.05) is 42.0 Å². The van der Waals surface area contributed by atoms with Crippen molar-refractivity contribution in [2.45, 2.75) is 39.7 Å². The molecule has 0 atom stereocenters. The number of pyridine rings is 2. The molecule has 1 aliphatic rings. The quantitative estimate of drug-likeness (QED) is 0.481. The van der Waals surface area contributed by atoms with E-state index in [1.807, 2.05) is 54.9 Å². The molecule has 0 aliphatic heterocycles. The highest BCUT2D eigenvalue weighted by atomic mass is 16.2. The maximum absolute atomic E-state index is 13.3. The average molecular weight is 438 g/mol. The molecule has 0 spiro atoms. The molecule has 2 aromatic carbocycles. The number of aryl methyl sites for hydroxylation is 2. The van der Waals surface area contributed by atoms with E-state index in [1.54, 1.807) is 6.20 Å². The van der Waals surface area contributed by atoms with Gasteiger partial charge in [-0.15, -0.1) is 0 Å². The number of hydrogen-bond donors (Lipinski definition) is 1. The standard InChI is InChI=1S/C28H27N3O2/c1-3-31-17-25(28(33)30-23-10-8-18(2)9-11-23)26(32)24-15-20(16-29-27(24)31)12-19-13-21-6-4-5-7-22(21)14-19/h4-11,15-17,19H,3,12-14H2,1-2H3,(H,30,33). The van der Waals surface area contributed by atoms with E-state index in [4.69, 9.17) is 0 Å². The van der Waals surface area contributed by atoms with Gasteiger partial charge >= 0.3 is 0 Å². The predicted molar refractivity (Wildman–Crippen MR) is 132 cm³/mol. The largest absolute Gasteiger partial charge is 0.332 e. The van der Waals surface area contributed by atoms with Gasteiger partial charge in [0.2, 0.25) is 5.43 Å². The summed E-state index contributed by atoms with van der Waals surface area (Å²) in [6.07, 6.45) is 6.46. The highest BCUT2D eigenvalue weighted by Crippen LogP contribution is 2.29. The summed E-state index contributed by atoms with van der Waals surface area (Å²) >= 11 is 0. The molecule has 5 rings (SSSR count). The van der Waals surface area contributed by atoms with Crippen molar-refractivity contribution in [1.82, 2.24) is 9.55 Å². The Bertz CT molecular complexity index is 1380. The maximum Gasteiger partial charge on any atom is 0.261 e. The summed E-state index contributed by atoms with van der Waals surface area (Å²) in [4.78, 5) is 30.9. The highest BCUT2D eigenvalue weighted by molar-refractivity contribution is 6.05. The zero-order chi connectivity index (χ0) is 22.9. The van der Waals surface area contributed by atoms with Gasteiger partial charge in [0, 0.05) is 24.6 Å². The number of nitrogens with zero attached hydrogens (tertiary/aromatic N) is 2. The fourth-order valence-electron chi connectivity index (χ4n) is 4.79. The molecular weight excluding hydrogens is 410 g/mol. The van der Waals surface area contributed by atoms with Crippen LogP contribution in [0.5, 0.6) is 0 Å². The third-order valence-electron chi connectivity index (χ3n) is 6.52. The van der Waals surface area contributed by atoms with Crippen molar-refractivity contribution in [2.24, 2.45) is 5.92 Å². The molecule has 1 amide bonds. The third-order valence-corrected chi connectivity index (χ3v) is 6.52. The van der Waals surface area contributed by atoms with Crippen LogP contribution in [0.2, 0.25) is 0 Å². The molecule has 0 bridgehead atoms. The Morgan fingerprint density at radius 3 is 2.45 bits per heavy atom. The number of fused-ring (bicyclic) bond motifs is 2. The van der Waals surface area contributed by atoms with Crippen LogP contribution in [0.15, 0.2) is 71.8 Å². The minimum absolute atomic E-state index is 0.136. The number of benzene rings is 2. The van der Waals surface area contributed by atoms with Gasteiger partial charge in [0.05, 0.1) is 5.39 Å². The van der Waals surface area contributed by atoms with Crippen LogP contribution in [0.25, 0.3) is 11.0 Å². The Labute approximate surface area is 193 Å². The zero-order valence-electron chi connectivity index (χ0n) is 19.0. The molecule has 0 saturated heterocycles. The molecule has 4 aromatic rings. The van der Waals surface area contributed by atoms with E-state index in [2.05, 4.69) is 34.6 Å². The topological polar surface area (TPSA) is 64.0 Å². The van der Waals surface area contributed by atoms with E-state index in [0.29, 0.717) is 29.2 Å². The summed E-state index contributed by atoms with van der Waals surface area (Å²) < 4.78 is 1.87. The number of amides is 1. The van der Waals surface area contributed by atoms with Gasteiger partial charge in [0.25, 0.3) is 5.91 Å². The van der Waals surface area contributed by atoms with Crippen LogP contribution in [-0.2, 0) is 25.8 Å². The van der Waals surface area contributed by atoms with Gasteiger partial charge in [0.15, 0.2) is 0 Å². The minimum Gasteiger partial charge on any atom is -0.332 e. The number of aromatic nitrogens is 2. The van der Waals surface area contributed by atoms with Crippen molar-refractivity contribution in [3.63, 3.8) is 0 Å². The molecule has 1 N–H and O–H groups in total. The van der Waals surface area contributed by atoms with E-state index in [1.165, 1.54) is 11.1 Å². The van der Waals surface area contributed by atoms with E-state index in [0.717, 1.165) is 30.4 Å². The molecule has 0 fully saturated rings. The van der Waals surface area contributed by atoms with E-state index >= 15 is 0 Å². The molecule has 5 nitrogen and oxygen atoms in total. The number of rotatable bonds is 5. The van der Waals surface area contributed by atoms with Crippen molar-refractivity contribution < 1.29 is 4.79 Å². The van der Waals surface area contributed by atoms with Gasteiger partial charge in [0.1, 0.15) is 11.2 Å². The summed E-state index contributed by atoms with van der Waals surface area (Å²) in [6, 6.07) is 18.1. The first-order valence-corrected chi connectivity index (χ1v) is 11.5. The van der Waals surface area contributed by atoms with E-state index < -0.39 is 5.91 Å². The van der Waals surface area contributed by atoms with Crippen LogP contribution >= 0.6 is 0 Å². The third kappa shape index (κ3) is 4.19. The first kappa shape index (κ1) is 21.1. The van der Waals surface area contributed by atoms with E-state index in [-0.39, 0.29) is 11.0 Å². The van der Waals surface area contributed by atoms with Crippen molar-refractivity contribution in [2.75, 3.05) is 5.32 Å². The normalized spacial score (nSPS) is 13.3. The van der Waals surface area contributed by atoms with Gasteiger partial charge < -0.3 is 9.88 Å². The Kier molecular flexibility index (Phi) is 5.55. The van der Waals surface area contributed by atoms with Crippen LogP contribution in [-0.4, -0.2) is 15.5 Å². The molecular formula is C28H27N3O2. The molecule has 1 aliphatic carbocycles. The summed E-state index contributed by atoms with van der Waals surface area (Å²) in [5.41, 5.74) is 6.13. The fraction of sp³-hybridized carbons (Fsp3) is 0.250. The van der Waals surface area contributed by atoms with Gasteiger partial charge in [-0.05, 0) is 73.9 Å². The maximum atomic E-state index is 13.3. The first-order valence-electron chi connectivity index (χ1n) is 11.5. The summed E-state index contributed by atoms with van der Waals surface area (Å²) in [7, 11) is 0. The van der Waals surface area contributed by atoms with Crippen LogP contribution < -0.4 is 10.7 Å². The summed E-state index contributed by atoms with van der Waals surface area (Å²) in [6.45, 7) is 4.59. The number of hydrogen-bond acceptors (Lipinski definition) is 3. The molecule has 2 heterocycles. The number of nitrogens with one attached hydrogen (secondary N) is 1. The lowest BCUT2D eigenvalue weighted by Crippen LogP contribution is -2.24. The summed E-state index contributed by atoms with van der Waals surface area (Å²) in [5, 5.41) is 3.35. The zero-order valence-corrected chi connectivity index (χ0v) is 19.0. The smallest absolute Gasteiger partial charge is 0.261 e. The number of carbonyl (C=O) groups excluding carboxylic acids is 1. The Morgan fingerprint density at radius 1 is 1.09 bits per heavy atom. The SMILES string of the molecule is CCn1cc(C(=O)Nc2ccc(C)cc2)c(=O)c2cc(CC3Cc4ccccc4C3)cnc21. The minimum atomic E-state index is -0.399.